The van der Waals surface area contributed by atoms with Crippen LogP contribution in [0.3, 0.4) is 0 Å². The zero-order chi connectivity index (χ0) is 13.0. The molecule has 96 valence electrons. The molecule has 4 nitrogen and oxygen atoms in total. The summed E-state index contributed by atoms with van der Waals surface area (Å²) < 4.78 is 0. The molecular formula is C13H22N2O2. The van der Waals surface area contributed by atoms with Crippen LogP contribution in [0.5, 0.6) is 0 Å². The molecule has 0 saturated carbocycles. The third-order valence-corrected chi connectivity index (χ3v) is 3.00. The molecule has 1 fully saturated rings. The molecule has 1 atom stereocenters. The number of nitrogens with one attached hydrogen (secondary N) is 1. The Labute approximate surface area is 103 Å². The lowest BCUT2D eigenvalue weighted by Crippen LogP contribution is -2.59. The highest BCUT2D eigenvalue weighted by molar-refractivity contribution is 5.97. The first-order chi connectivity index (χ1) is 7.99. The maximum absolute atomic E-state index is 12.2. The molecule has 0 aromatic rings. The molecule has 17 heavy (non-hydrogen) atoms. The highest BCUT2D eigenvalue weighted by atomic mass is 16.2. The van der Waals surface area contributed by atoms with Gasteiger partial charge in [-0.25, -0.2) is 0 Å². The molecule has 0 spiro atoms. The predicted octanol–water partition coefficient (Wildman–Crippen LogP) is 1.33. The Morgan fingerprint density at radius 3 is 2.76 bits per heavy atom. The maximum Gasteiger partial charge on any atom is 0.249 e. The fraction of sp³-hybridized carbons (Fsp3) is 0.692. The van der Waals surface area contributed by atoms with Gasteiger partial charge in [0.1, 0.15) is 6.04 Å². The summed E-state index contributed by atoms with van der Waals surface area (Å²) in [5.74, 6) is 0.0815. The van der Waals surface area contributed by atoms with Crippen molar-refractivity contribution in [3.63, 3.8) is 0 Å². The van der Waals surface area contributed by atoms with Crippen molar-refractivity contribution >= 4 is 11.8 Å². The summed E-state index contributed by atoms with van der Waals surface area (Å²) in [5, 5.41) is 2.82. The van der Waals surface area contributed by atoms with E-state index in [2.05, 4.69) is 5.32 Å². The highest BCUT2D eigenvalue weighted by Gasteiger charge is 2.35. The largest absolute Gasteiger partial charge is 0.353 e. The van der Waals surface area contributed by atoms with Gasteiger partial charge < -0.3 is 10.2 Å². The fourth-order valence-electron chi connectivity index (χ4n) is 2.20. The first kappa shape index (κ1) is 13.7. The minimum Gasteiger partial charge on any atom is -0.353 e. The molecule has 1 N–H and O–H groups in total. The summed E-state index contributed by atoms with van der Waals surface area (Å²) in [7, 11) is 0. The van der Waals surface area contributed by atoms with Crippen molar-refractivity contribution in [2.24, 2.45) is 5.92 Å². The van der Waals surface area contributed by atoms with Crippen LogP contribution in [0.15, 0.2) is 11.6 Å². The number of carbonyl (C=O) groups excluding carboxylic acids is 2. The van der Waals surface area contributed by atoms with E-state index in [4.69, 9.17) is 0 Å². The van der Waals surface area contributed by atoms with Crippen LogP contribution in [0.2, 0.25) is 0 Å². The summed E-state index contributed by atoms with van der Waals surface area (Å²) in [6, 6.07) is -0.337. The number of piperazine rings is 1. The van der Waals surface area contributed by atoms with Crippen molar-refractivity contribution in [3.05, 3.63) is 11.6 Å². The van der Waals surface area contributed by atoms with Crippen molar-refractivity contribution < 1.29 is 9.59 Å². The third kappa shape index (κ3) is 3.08. The van der Waals surface area contributed by atoms with Gasteiger partial charge in [0.2, 0.25) is 11.8 Å². The Morgan fingerprint density at radius 1 is 1.59 bits per heavy atom. The van der Waals surface area contributed by atoms with E-state index in [0.29, 0.717) is 13.1 Å². The molecule has 1 aliphatic rings. The first-order valence-corrected chi connectivity index (χ1v) is 6.24. The molecule has 2 amide bonds. The van der Waals surface area contributed by atoms with Crippen LogP contribution in [-0.2, 0) is 9.59 Å². The number of nitrogens with zero attached hydrogens (tertiary/aromatic N) is 1. The molecule has 1 rings (SSSR count). The Kier molecular flexibility index (Phi) is 4.73. The molecular weight excluding hydrogens is 216 g/mol. The molecule has 1 saturated heterocycles. The van der Waals surface area contributed by atoms with E-state index < -0.39 is 0 Å². The monoisotopic (exact) mass is 238 g/mol. The topological polar surface area (TPSA) is 49.4 Å². The second-order valence-corrected chi connectivity index (χ2v) is 4.77. The van der Waals surface area contributed by atoms with Gasteiger partial charge in [-0.2, -0.15) is 0 Å². The van der Waals surface area contributed by atoms with Gasteiger partial charge in [-0.1, -0.05) is 26.8 Å². The van der Waals surface area contributed by atoms with Gasteiger partial charge in [0.25, 0.3) is 0 Å². The average molecular weight is 238 g/mol. The van der Waals surface area contributed by atoms with Gasteiger partial charge >= 0.3 is 0 Å². The van der Waals surface area contributed by atoms with Crippen LogP contribution in [0, 0.1) is 5.92 Å². The highest BCUT2D eigenvalue weighted by Crippen LogP contribution is 2.16. The summed E-state index contributed by atoms with van der Waals surface area (Å²) in [6.07, 6.45) is 2.75. The zero-order valence-corrected chi connectivity index (χ0v) is 11.1. The van der Waals surface area contributed by atoms with Crippen molar-refractivity contribution in [3.8, 4) is 0 Å². The van der Waals surface area contributed by atoms with Gasteiger partial charge in [-0.05, 0) is 19.3 Å². The van der Waals surface area contributed by atoms with Crippen LogP contribution >= 0.6 is 0 Å². The molecule has 1 unspecified atom stereocenters. The molecule has 0 aliphatic carbocycles. The van der Waals surface area contributed by atoms with E-state index in [1.807, 2.05) is 33.8 Å². The fourth-order valence-corrected chi connectivity index (χ4v) is 2.20. The van der Waals surface area contributed by atoms with E-state index >= 15 is 0 Å². The summed E-state index contributed by atoms with van der Waals surface area (Å²) >= 11 is 0. The zero-order valence-electron chi connectivity index (χ0n) is 11.1. The minimum atomic E-state index is -0.337. The first-order valence-electron chi connectivity index (χ1n) is 6.24. The lowest BCUT2D eigenvalue weighted by molar-refractivity contribution is -0.142. The van der Waals surface area contributed by atoms with Gasteiger partial charge in [-0.3, -0.25) is 9.59 Å². The third-order valence-electron chi connectivity index (χ3n) is 3.00. The van der Waals surface area contributed by atoms with Crippen LogP contribution in [-0.4, -0.2) is 35.8 Å². The Bertz CT molecular complexity index is 334. The van der Waals surface area contributed by atoms with E-state index in [9.17, 15) is 9.59 Å². The molecule has 1 heterocycles. The van der Waals surface area contributed by atoms with Gasteiger partial charge in [0.05, 0.1) is 0 Å². The SMILES string of the molecule is CC/C=C(/C)C(=O)N1CCNC(=O)C1C(C)C. The van der Waals surface area contributed by atoms with Crippen LogP contribution in [0.1, 0.15) is 34.1 Å². The number of amides is 2. The van der Waals surface area contributed by atoms with Crippen molar-refractivity contribution in [2.75, 3.05) is 13.1 Å². The van der Waals surface area contributed by atoms with Crippen LogP contribution < -0.4 is 5.32 Å². The number of allylic oxidation sites excluding steroid dienone is 1. The van der Waals surface area contributed by atoms with Gasteiger partial charge in [0, 0.05) is 18.7 Å². The second-order valence-electron chi connectivity index (χ2n) is 4.77. The quantitative estimate of drug-likeness (QED) is 0.754. The van der Waals surface area contributed by atoms with Gasteiger partial charge in [0.15, 0.2) is 0 Å². The van der Waals surface area contributed by atoms with Crippen molar-refractivity contribution in [2.45, 2.75) is 40.2 Å². The molecule has 0 bridgehead atoms. The summed E-state index contributed by atoms with van der Waals surface area (Å²) in [6.45, 7) is 8.90. The number of hydrogen-bond donors (Lipinski definition) is 1. The van der Waals surface area contributed by atoms with E-state index in [1.54, 1.807) is 4.90 Å². The van der Waals surface area contributed by atoms with Crippen LogP contribution in [0.25, 0.3) is 0 Å². The number of hydrogen-bond acceptors (Lipinski definition) is 2. The van der Waals surface area contributed by atoms with E-state index in [1.165, 1.54) is 0 Å². The lowest BCUT2D eigenvalue weighted by atomic mass is 9.98. The number of carbonyl (C=O) groups is 2. The molecule has 0 radical (unpaired) electrons. The average Bonchev–Trinajstić information content (AvgIpc) is 2.27. The Balaban J connectivity index is 2.89. The van der Waals surface area contributed by atoms with Crippen molar-refractivity contribution in [1.82, 2.24) is 10.2 Å². The standard InChI is InChI=1S/C13H22N2O2/c1-5-6-10(4)13(17)15-8-7-14-12(16)11(15)9(2)3/h6,9,11H,5,7-8H2,1-4H3,(H,14,16)/b10-6-. The van der Waals surface area contributed by atoms with E-state index in [-0.39, 0.29) is 23.8 Å². The predicted molar refractivity (Wildman–Crippen MR) is 67.4 cm³/mol. The Hall–Kier alpha value is -1.32. The van der Waals surface area contributed by atoms with Crippen LogP contribution in [0.4, 0.5) is 0 Å². The molecule has 4 heteroatoms. The molecule has 0 aromatic carbocycles. The van der Waals surface area contributed by atoms with Gasteiger partial charge in [-0.15, -0.1) is 0 Å². The molecule has 0 aromatic heterocycles. The normalized spacial score (nSPS) is 21.7. The van der Waals surface area contributed by atoms with Crippen molar-refractivity contribution in [1.29, 1.82) is 0 Å². The summed E-state index contributed by atoms with van der Waals surface area (Å²) in [4.78, 5) is 25.7. The maximum atomic E-state index is 12.2. The number of rotatable bonds is 3. The Morgan fingerprint density at radius 2 is 2.24 bits per heavy atom. The molecule has 1 aliphatic heterocycles. The van der Waals surface area contributed by atoms with E-state index in [0.717, 1.165) is 12.0 Å². The minimum absolute atomic E-state index is 0.0135. The lowest BCUT2D eigenvalue weighted by Gasteiger charge is -2.37. The second kappa shape index (κ2) is 5.84. The summed E-state index contributed by atoms with van der Waals surface area (Å²) in [5.41, 5.74) is 0.729. The smallest absolute Gasteiger partial charge is 0.249 e.